The zero-order valence-electron chi connectivity index (χ0n) is 12.4. The van der Waals surface area contributed by atoms with Crippen LogP contribution in [0.2, 0.25) is 0 Å². The van der Waals surface area contributed by atoms with Gasteiger partial charge in [0.1, 0.15) is 0 Å². The fourth-order valence-corrected chi connectivity index (χ4v) is 2.72. The summed E-state index contributed by atoms with van der Waals surface area (Å²) in [7, 11) is 0. The number of non-ortho nitro benzene ring substituents is 1. The van der Waals surface area contributed by atoms with E-state index in [9.17, 15) is 14.9 Å². The lowest BCUT2D eigenvalue weighted by atomic mass is 10.1. The van der Waals surface area contributed by atoms with Gasteiger partial charge in [0.05, 0.1) is 10.4 Å². The standard InChI is InChI=1S/C14H17N5O3.ClH/c20-14(16-6-4-9-3-5-15-8-9)13-11-7-10(19(21)22)1-2-12(11)17-18-13;/h1-2,7,9,15H,3-6,8H2,(H,16,20)(H,17,18);1H. The van der Waals surface area contributed by atoms with Crippen molar-refractivity contribution in [1.82, 2.24) is 20.8 Å². The first-order chi connectivity index (χ1) is 10.6. The van der Waals surface area contributed by atoms with Crippen LogP contribution in [0.4, 0.5) is 5.69 Å². The van der Waals surface area contributed by atoms with E-state index in [1.165, 1.54) is 12.1 Å². The number of aromatic amines is 1. The van der Waals surface area contributed by atoms with Gasteiger partial charge in [-0.3, -0.25) is 20.0 Å². The van der Waals surface area contributed by atoms with Gasteiger partial charge in [0, 0.05) is 24.1 Å². The Morgan fingerprint density at radius 3 is 3.00 bits per heavy atom. The number of rotatable bonds is 5. The summed E-state index contributed by atoms with van der Waals surface area (Å²) < 4.78 is 0. The topological polar surface area (TPSA) is 113 Å². The molecule has 23 heavy (non-hydrogen) atoms. The molecular weight excluding hydrogens is 322 g/mol. The molecule has 9 heteroatoms. The molecule has 1 aliphatic rings. The number of carbonyl (C=O) groups excluding carboxylic acids is 1. The van der Waals surface area contributed by atoms with E-state index in [4.69, 9.17) is 0 Å². The highest BCUT2D eigenvalue weighted by Gasteiger charge is 2.18. The molecule has 2 heterocycles. The number of fused-ring (bicyclic) bond motifs is 1. The summed E-state index contributed by atoms with van der Waals surface area (Å²) in [4.78, 5) is 22.5. The fraction of sp³-hybridized carbons (Fsp3) is 0.429. The Morgan fingerprint density at radius 2 is 2.30 bits per heavy atom. The summed E-state index contributed by atoms with van der Waals surface area (Å²) in [5.41, 5.74) is 0.749. The van der Waals surface area contributed by atoms with Crippen LogP contribution in [-0.4, -0.2) is 40.7 Å². The van der Waals surface area contributed by atoms with Gasteiger partial charge in [0.2, 0.25) is 0 Å². The summed E-state index contributed by atoms with van der Waals surface area (Å²) >= 11 is 0. The smallest absolute Gasteiger partial charge is 0.272 e. The molecule has 1 fully saturated rings. The number of aromatic nitrogens is 2. The Bertz CT molecular complexity index is 712. The predicted octanol–water partition coefficient (Wildman–Crippen LogP) is 1.62. The molecule has 0 radical (unpaired) electrons. The number of hydrogen-bond donors (Lipinski definition) is 3. The van der Waals surface area contributed by atoms with Crippen molar-refractivity contribution in [1.29, 1.82) is 0 Å². The quantitative estimate of drug-likeness (QED) is 0.566. The molecule has 2 aromatic rings. The lowest BCUT2D eigenvalue weighted by Gasteiger charge is -2.08. The van der Waals surface area contributed by atoms with Gasteiger partial charge in [-0.15, -0.1) is 12.4 Å². The molecule has 0 bridgehead atoms. The Kier molecular flexibility index (Phi) is 5.51. The number of nitro groups is 1. The van der Waals surface area contributed by atoms with Crippen molar-refractivity contribution in [3.63, 3.8) is 0 Å². The van der Waals surface area contributed by atoms with Crippen LogP contribution in [0, 0.1) is 16.0 Å². The zero-order valence-corrected chi connectivity index (χ0v) is 13.2. The predicted molar refractivity (Wildman–Crippen MR) is 87.9 cm³/mol. The first-order valence-electron chi connectivity index (χ1n) is 7.26. The van der Waals surface area contributed by atoms with Crippen LogP contribution < -0.4 is 10.6 Å². The van der Waals surface area contributed by atoms with Gasteiger partial charge in [-0.1, -0.05) is 0 Å². The van der Waals surface area contributed by atoms with Crippen molar-refractivity contribution in [3.05, 3.63) is 34.0 Å². The summed E-state index contributed by atoms with van der Waals surface area (Å²) in [6, 6.07) is 4.31. The van der Waals surface area contributed by atoms with Crippen LogP contribution >= 0.6 is 12.4 Å². The Hall–Kier alpha value is -2.19. The van der Waals surface area contributed by atoms with E-state index in [0.29, 0.717) is 23.4 Å². The van der Waals surface area contributed by atoms with Crippen molar-refractivity contribution >= 4 is 34.9 Å². The van der Waals surface area contributed by atoms with Crippen LogP contribution in [0.5, 0.6) is 0 Å². The molecule has 1 saturated heterocycles. The highest BCUT2D eigenvalue weighted by Crippen LogP contribution is 2.22. The molecule has 1 aromatic heterocycles. The second-order valence-electron chi connectivity index (χ2n) is 5.46. The van der Waals surface area contributed by atoms with Crippen molar-refractivity contribution < 1.29 is 9.72 Å². The highest BCUT2D eigenvalue weighted by molar-refractivity contribution is 6.05. The SMILES string of the molecule is Cl.O=C(NCCC1CCNC1)c1n[nH]c2ccc([N+](=O)[O-])cc12. The van der Waals surface area contributed by atoms with Gasteiger partial charge >= 0.3 is 0 Å². The maximum Gasteiger partial charge on any atom is 0.272 e. The molecule has 8 nitrogen and oxygen atoms in total. The van der Waals surface area contributed by atoms with Crippen LogP contribution in [0.25, 0.3) is 10.9 Å². The fourth-order valence-electron chi connectivity index (χ4n) is 2.72. The normalized spacial score (nSPS) is 17.0. The number of halogens is 1. The van der Waals surface area contributed by atoms with Gasteiger partial charge < -0.3 is 10.6 Å². The van der Waals surface area contributed by atoms with Gasteiger partial charge in [-0.05, 0) is 37.9 Å². The highest BCUT2D eigenvalue weighted by atomic mass is 35.5. The minimum atomic E-state index is -0.485. The maximum absolute atomic E-state index is 12.2. The van der Waals surface area contributed by atoms with Crippen molar-refractivity contribution in [2.45, 2.75) is 12.8 Å². The number of amides is 1. The number of H-pyrrole nitrogens is 1. The number of benzene rings is 1. The number of nitrogens with one attached hydrogen (secondary N) is 3. The van der Waals surface area contributed by atoms with Gasteiger partial charge in [0.15, 0.2) is 5.69 Å². The average Bonchev–Trinajstić information content (AvgIpc) is 3.15. The third-order valence-corrected chi connectivity index (χ3v) is 3.97. The molecule has 1 atom stereocenters. The summed E-state index contributed by atoms with van der Waals surface area (Å²) in [6.45, 7) is 2.61. The number of nitro benzene ring substituents is 1. The summed E-state index contributed by atoms with van der Waals surface area (Å²) in [5, 5.41) is 24.1. The molecule has 0 aliphatic carbocycles. The summed E-state index contributed by atoms with van der Waals surface area (Å²) in [6.07, 6.45) is 2.05. The molecule has 0 saturated carbocycles. The average molecular weight is 340 g/mol. The first-order valence-corrected chi connectivity index (χ1v) is 7.26. The molecule has 3 N–H and O–H groups in total. The number of nitrogens with zero attached hydrogens (tertiary/aromatic N) is 2. The van der Waals surface area contributed by atoms with Crippen molar-refractivity contribution in [2.75, 3.05) is 19.6 Å². The van der Waals surface area contributed by atoms with Gasteiger partial charge in [-0.25, -0.2) is 0 Å². The van der Waals surface area contributed by atoms with Crippen LogP contribution in [0.3, 0.4) is 0 Å². The molecular formula is C14H18ClN5O3. The van der Waals surface area contributed by atoms with Gasteiger partial charge in [0.25, 0.3) is 11.6 Å². The molecule has 0 spiro atoms. The van der Waals surface area contributed by atoms with E-state index in [1.807, 2.05) is 0 Å². The lowest BCUT2D eigenvalue weighted by Crippen LogP contribution is -2.26. The van der Waals surface area contributed by atoms with E-state index < -0.39 is 4.92 Å². The van der Waals surface area contributed by atoms with Crippen LogP contribution in [-0.2, 0) is 0 Å². The van der Waals surface area contributed by atoms with Crippen LogP contribution in [0.15, 0.2) is 18.2 Å². The Labute approximate surface area is 138 Å². The van der Waals surface area contributed by atoms with E-state index in [2.05, 4.69) is 20.8 Å². The van der Waals surface area contributed by atoms with E-state index in [1.54, 1.807) is 6.07 Å². The number of hydrogen-bond acceptors (Lipinski definition) is 5. The zero-order chi connectivity index (χ0) is 15.5. The second-order valence-corrected chi connectivity index (χ2v) is 5.46. The Morgan fingerprint density at radius 1 is 1.48 bits per heavy atom. The lowest BCUT2D eigenvalue weighted by molar-refractivity contribution is -0.384. The minimum absolute atomic E-state index is 0. The molecule has 1 aromatic carbocycles. The molecule has 3 rings (SSSR count). The molecule has 1 aliphatic heterocycles. The van der Waals surface area contributed by atoms with Crippen LogP contribution in [0.1, 0.15) is 23.3 Å². The van der Waals surface area contributed by atoms with E-state index in [0.717, 1.165) is 25.9 Å². The summed E-state index contributed by atoms with van der Waals surface area (Å²) in [5.74, 6) is 0.287. The number of carbonyl (C=O) groups is 1. The van der Waals surface area contributed by atoms with Crippen molar-refractivity contribution in [3.8, 4) is 0 Å². The largest absolute Gasteiger partial charge is 0.351 e. The second kappa shape index (κ2) is 7.38. The maximum atomic E-state index is 12.2. The van der Waals surface area contributed by atoms with E-state index in [-0.39, 0.29) is 29.7 Å². The third kappa shape index (κ3) is 3.77. The monoisotopic (exact) mass is 339 g/mol. The minimum Gasteiger partial charge on any atom is -0.351 e. The molecule has 124 valence electrons. The molecule has 1 unspecified atom stereocenters. The third-order valence-electron chi connectivity index (χ3n) is 3.97. The van der Waals surface area contributed by atoms with E-state index >= 15 is 0 Å². The molecule has 1 amide bonds. The first kappa shape index (κ1) is 17.2. The Balaban J connectivity index is 0.00000192. The van der Waals surface area contributed by atoms with Gasteiger partial charge in [-0.2, -0.15) is 5.10 Å². The van der Waals surface area contributed by atoms with Crippen molar-refractivity contribution in [2.24, 2.45) is 5.92 Å².